The van der Waals surface area contributed by atoms with Crippen LogP contribution in [0.1, 0.15) is 33.6 Å². The van der Waals surface area contributed by atoms with Gasteiger partial charge in [0.25, 0.3) is 10.2 Å². The maximum atomic E-state index is 11.2. The van der Waals surface area contributed by atoms with Crippen molar-refractivity contribution in [3.63, 3.8) is 0 Å². The van der Waals surface area contributed by atoms with Crippen molar-refractivity contribution in [2.75, 3.05) is 0 Å². The molecule has 0 rings (SSSR count). The normalized spacial score (nSPS) is 15.6. The Bertz CT molecular complexity index is 358. The fourth-order valence-corrected chi connectivity index (χ4v) is 5.69. The lowest BCUT2D eigenvalue weighted by molar-refractivity contribution is 0.563. The predicted molar refractivity (Wildman–Crippen MR) is 76.7 cm³/mol. The summed E-state index contributed by atoms with van der Waals surface area (Å²) in [6.45, 7) is 14.5. The van der Waals surface area contributed by atoms with Crippen molar-refractivity contribution in [1.82, 2.24) is 4.72 Å². The summed E-state index contributed by atoms with van der Waals surface area (Å²) in [5.41, 5.74) is -0.0597. The number of nitrogens with two attached hydrogens (primary N) is 1. The molecule has 0 aromatic heterocycles. The van der Waals surface area contributed by atoms with Crippen molar-refractivity contribution < 1.29 is 8.42 Å². The molecule has 0 aromatic rings. The van der Waals surface area contributed by atoms with Crippen LogP contribution in [0.4, 0.5) is 0 Å². The Hall–Kier alpha value is -0.173. The van der Waals surface area contributed by atoms with Gasteiger partial charge < -0.3 is 0 Å². The molecule has 0 saturated heterocycles. The molecule has 0 aromatic carbocycles. The first-order valence-corrected chi connectivity index (χ1v) is 10.4. The fraction of sp³-hybridized carbons (Fsp3) is 0.818. The molecule has 6 heteroatoms. The van der Waals surface area contributed by atoms with E-state index in [0.717, 1.165) is 12.8 Å². The maximum Gasteiger partial charge on any atom is 0.274 e. The van der Waals surface area contributed by atoms with Gasteiger partial charge in [-0.25, -0.2) is 9.86 Å². The lowest BCUT2D eigenvalue weighted by Gasteiger charge is -2.43. The zero-order valence-electron chi connectivity index (χ0n) is 11.6. The van der Waals surface area contributed by atoms with Crippen molar-refractivity contribution in [1.29, 1.82) is 0 Å². The molecule has 0 fully saturated rings. The van der Waals surface area contributed by atoms with Crippen LogP contribution >= 0.6 is 0 Å². The van der Waals surface area contributed by atoms with Gasteiger partial charge in [0.2, 0.25) is 0 Å². The van der Waals surface area contributed by atoms with Gasteiger partial charge in [-0.05, 0) is 17.9 Å². The van der Waals surface area contributed by atoms with Gasteiger partial charge >= 0.3 is 0 Å². The van der Waals surface area contributed by atoms with Crippen LogP contribution in [0.5, 0.6) is 0 Å². The summed E-state index contributed by atoms with van der Waals surface area (Å²) in [6, 6.07) is 0. The first-order chi connectivity index (χ1) is 7.42. The van der Waals surface area contributed by atoms with E-state index >= 15 is 0 Å². The summed E-state index contributed by atoms with van der Waals surface area (Å²) >= 11 is 0. The summed E-state index contributed by atoms with van der Waals surface area (Å²) in [5, 5.41) is 5.21. The molecule has 0 radical (unpaired) electrons. The second-order valence-corrected chi connectivity index (χ2v) is 13.0. The summed E-state index contributed by atoms with van der Waals surface area (Å²) in [7, 11) is -5.45. The summed E-state index contributed by atoms with van der Waals surface area (Å²) in [6.07, 6.45) is 3.36. The molecule has 1 atom stereocenters. The van der Waals surface area contributed by atoms with Gasteiger partial charge in [-0.2, -0.15) is 8.42 Å². The molecule has 0 heterocycles. The average Bonchev–Trinajstić information content (AvgIpc) is 2.08. The molecule has 0 spiro atoms. The largest absolute Gasteiger partial charge is 0.274 e. The molecule has 4 nitrogen and oxygen atoms in total. The highest BCUT2D eigenvalue weighted by atomic mass is 32.2. The molecule has 17 heavy (non-hydrogen) atoms. The van der Waals surface area contributed by atoms with E-state index in [1.54, 1.807) is 0 Å². The van der Waals surface area contributed by atoms with Gasteiger partial charge in [0.05, 0.1) is 8.07 Å². The average molecular weight is 278 g/mol. The van der Waals surface area contributed by atoms with E-state index in [2.05, 4.69) is 45.2 Å². The highest BCUT2D eigenvalue weighted by Gasteiger charge is 2.42. The van der Waals surface area contributed by atoms with Gasteiger partial charge in [-0.15, -0.1) is 6.58 Å². The molecule has 0 bridgehead atoms. The number of hydrogen-bond acceptors (Lipinski definition) is 2. The van der Waals surface area contributed by atoms with Gasteiger partial charge in [0.1, 0.15) is 0 Å². The van der Waals surface area contributed by atoms with E-state index in [4.69, 9.17) is 5.14 Å². The molecule has 102 valence electrons. The molecular formula is C11H26N2O2SSi. The topological polar surface area (TPSA) is 72.2 Å². The van der Waals surface area contributed by atoms with Crippen LogP contribution in [-0.4, -0.2) is 22.2 Å². The van der Waals surface area contributed by atoms with E-state index in [9.17, 15) is 8.42 Å². The van der Waals surface area contributed by atoms with E-state index < -0.39 is 18.3 Å². The summed E-state index contributed by atoms with van der Waals surface area (Å²) in [5.74, 6) is 0. The van der Waals surface area contributed by atoms with Crippen LogP contribution < -0.4 is 9.86 Å². The van der Waals surface area contributed by atoms with Crippen LogP contribution in [0, 0.1) is 0 Å². The quantitative estimate of drug-likeness (QED) is 0.577. The molecule has 0 aliphatic heterocycles. The number of nitrogens with one attached hydrogen (secondary N) is 1. The predicted octanol–water partition coefficient (Wildman–Crippen LogP) is 2.16. The first-order valence-electron chi connectivity index (χ1n) is 5.83. The van der Waals surface area contributed by atoms with Crippen molar-refractivity contribution in [3.05, 3.63) is 12.7 Å². The number of allylic oxidation sites excluding steroid dienone is 1. The third kappa shape index (κ3) is 5.33. The van der Waals surface area contributed by atoms with Crippen molar-refractivity contribution in [3.8, 4) is 0 Å². The van der Waals surface area contributed by atoms with E-state index in [0.29, 0.717) is 0 Å². The maximum absolute atomic E-state index is 11.2. The Labute approximate surface area is 107 Å². The van der Waals surface area contributed by atoms with Crippen LogP contribution in [0.3, 0.4) is 0 Å². The SMILES string of the molecule is C=CCCC(NS(N)(=O)=O)[Si](C)(C)C(C)(C)C. The van der Waals surface area contributed by atoms with Crippen LogP contribution in [0.15, 0.2) is 12.7 Å². The highest BCUT2D eigenvalue weighted by Crippen LogP contribution is 2.39. The summed E-state index contributed by atoms with van der Waals surface area (Å²) < 4.78 is 25.1. The monoisotopic (exact) mass is 278 g/mol. The van der Waals surface area contributed by atoms with Crippen LogP contribution in [0.25, 0.3) is 0 Å². The minimum Gasteiger partial charge on any atom is -0.216 e. The molecule has 0 amide bonds. The zero-order valence-corrected chi connectivity index (χ0v) is 13.4. The van der Waals surface area contributed by atoms with E-state index in [-0.39, 0.29) is 10.7 Å². The number of hydrogen-bond donors (Lipinski definition) is 2. The van der Waals surface area contributed by atoms with Crippen molar-refractivity contribution in [2.24, 2.45) is 5.14 Å². The van der Waals surface area contributed by atoms with Crippen LogP contribution in [-0.2, 0) is 10.2 Å². The molecule has 0 saturated carbocycles. The Morgan fingerprint density at radius 1 is 1.41 bits per heavy atom. The molecule has 1 unspecified atom stereocenters. The second kappa shape index (κ2) is 5.64. The van der Waals surface area contributed by atoms with Crippen molar-refractivity contribution in [2.45, 2.75) is 57.4 Å². The fourth-order valence-electron chi connectivity index (χ4n) is 1.57. The Balaban J connectivity index is 5.10. The van der Waals surface area contributed by atoms with Gasteiger partial charge in [-0.3, -0.25) is 0 Å². The molecular weight excluding hydrogens is 252 g/mol. The minimum atomic E-state index is -3.65. The summed E-state index contributed by atoms with van der Waals surface area (Å²) in [4.78, 5) is 0. The molecule has 3 N–H and O–H groups in total. The van der Waals surface area contributed by atoms with Gasteiger partial charge in [0.15, 0.2) is 0 Å². The standard InChI is InChI=1S/C11H26N2O2SSi/c1-7-8-9-10(13-16(12,14)15)17(5,6)11(2,3)4/h7,10,13H,1,8-9H2,2-6H3,(H2,12,14,15). The highest BCUT2D eigenvalue weighted by molar-refractivity contribution is 7.87. The Morgan fingerprint density at radius 2 is 1.88 bits per heavy atom. The van der Waals surface area contributed by atoms with Gasteiger partial charge in [-0.1, -0.05) is 39.9 Å². The van der Waals surface area contributed by atoms with E-state index in [1.807, 2.05) is 6.08 Å². The lowest BCUT2D eigenvalue weighted by atomic mass is 10.2. The third-order valence-electron chi connectivity index (χ3n) is 3.77. The zero-order chi connectivity index (χ0) is 13.9. The first kappa shape index (κ1) is 16.8. The van der Waals surface area contributed by atoms with Crippen molar-refractivity contribution >= 4 is 18.3 Å². The Kier molecular flexibility index (Phi) is 5.59. The Morgan fingerprint density at radius 3 is 2.18 bits per heavy atom. The second-order valence-electron chi connectivity index (χ2n) is 6.05. The van der Waals surface area contributed by atoms with E-state index in [1.165, 1.54) is 0 Å². The molecule has 0 aliphatic rings. The van der Waals surface area contributed by atoms with Gasteiger partial charge in [0, 0.05) is 5.67 Å². The lowest BCUT2D eigenvalue weighted by Crippen LogP contribution is -2.58. The smallest absolute Gasteiger partial charge is 0.216 e. The molecule has 0 aliphatic carbocycles. The minimum absolute atomic E-state index is 0.0597. The number of rotatable bonds is 6. The van der Waals surface area contributed by atoms with Crippen LogP contribution in [0.2, 0.25) is 18.1 Å². The third-order valence-corrected chi connectivity index (χ3v) is 10.6.